The molecule has 0 saturated carbocycles. The normalized spacial score (nSPS) is 12.5. The van der Waals surface area contributed by atoms with E-state index in [2.05, 4.69) is 10.6 Å². The number of halogens is 6. The molecule has 91 heavy (non-hydrogen) atoms. The molecule has 6 aromatic rings. The summed E-state index contributed by atoms with van der Waals surface area (Å²) >= 11 is 0. The van der Waals surface area contributed by atoms with Crippen LogP contribution in [0, 0.1) is 51.2 Å². The smallest absolute Gasteiger partial charge is 0.870 e. The van der Waals surface area contributed by atoms with Crippen LogP contribution in [-0.2, 0) is 36.8 Å². The maximum Gasteiger partial charge on any atom is 1.00 e. The minimum absolute atomic E-state index is 0. The Labute approximate surface area is 541 Å². The van der Waals surface area contributed by atoms with Gasteiger partial charge in [0.15, 0.2) is 0 Å². The zero-order chi connectivity index (χ0) is 65.4. The summed E-state index contributed by atoms with van der Waals surface area (Å²) in [4.78, 5) is 82.9. The molecule has 23 heteroatoms. The number of rotatable bonds is 27. The van der Waals surface area contributed by atoms with E-state index in [4.69, 9.17) is 4.74 Å². The predicted octanol–water partition coefficient (Wildman–Crippen LogP) is 9.59. The number of carboxylic acids is 1. The largest absolute Gasteiger partial charge is 1.00 e. The van der Waals surface area contributed by atoms with Crippen LogP contribution >= 0.6 is 0 Å². The summed E-state index contributed by atoms with van der Waals surface area (Å²) < 4.78 is 91.3. The van der Waals surface area contributed by atoms with Crippen LogP contribution in [-0.4, -0.2) is 107 Å². The number of carbonyl (C=O) groups is 4. The van der Waals surface area contributed by atoms with Crippen molar-refractivity contribution < 1.29 is 85.2 Å². The summed E-state index contributed by atoms with van der Waals surface area (Å²) in [6.07, 6.45) is -2.58. The van der Waals surface area contributed by atoms with Crippen LogP contribution < -0.4 is 40.6 Å². The molecule has 492 valence electrons. The number of ether oxygens (including phenoxy) is 1. The molecule has 16 nitrogen and oxygen atoms in total. The number of hydrogen-bond acceptors (Lipinski definition) is 11. The SMILES string of the molecule is CCOC(=O)C[C@H](NC(=O)C(CC(C)C)n1cc(CCN(C)C)cc(C(F)F)c1=O)c1cccc(-c2c(C)cc(F)cc2C)c1.Cc1cc(F)cc(C)c1-c1cccc([C@H](CC(=O)O)NC(=O)C(CC(C)C)n2cc(CCN(C)C)cc(C(F)F)c2=O)c1.[Li+].[OH-].[OH-]. The third kappa shape index (κ3) is 22.8. The van der Waals surface area contributed by atoms with Gasteiger partial charge in [0, 0.05) is 25.5 Å². The second kappa shape index (κ2) is 36.6. The first kappa shape index (κ1) is 79.8. The number of nitrogens with zero attached hydrogens (tertiary/aromatic N) is 4. The Hall–Kier alpha value is -7.32. The van der Waals surface area contributed by atoms with Crippen LogP contribution in [0.4, 0.5) is 26.3 Å². The molecule has 4 atom stereocenters. The Morgan fingerprint density at radius 3 is 1.23 bits per heavy atom. The van der Waals surface area contributed by atoms with E-state index < -0.39 is 89.4 Å². The summed E-state index contributed by atoms with van der Waals surface area (Å²) in [7, 11) is 7.40. The fourth-order valence-electron chi connectivity index (χ4n) is 10.9. The van der Waals surface area contributed by atoms with Crippen molar-refractivity contribution in [3.8, 4) is 22.3 Å². The number of aryl methyl sites for hydroxylation is 4. The molecule has 0 bridgehead atoms. The van der Waals surface area contributed by atoms with Crippen molar-refractivity contribution in [3.63, 3.8) is 0 Å². The van der Waals surface area contributed by atoms with Crippen LogP contribution in [0.3, 0.4) is 0 Å². The third-order valence-electron chi connectivity index (χ3n) is 14.9. The molecule has 6 rings (SSSR count). The van der Waals surface area contributed by atoms with Crippen LogP contribution in [0.15, 0.2) is 107 Å². The van der Waals surface area contributed by atoms with Gasteiger partial charge in [-0.05, 0) is 216 Å². The zero-order valence-electron chi connectivity index (χ0n) is 54.5. The van der Waals surface area contributed by atoms with E-state index in [0.29, 0.717) is 59.3 Å². The van der Waals surface area contributed by atoms with Crippen LogP contribution in [0.25, 0.3) is 22.3 Å². The fourth-order valence-corrected chi connectivity index (χ4v) is 10.9. The average molecular weight is 1270 g/mol. The second-order valence-electron chi connectivity index (χ2n) is 23.8. The van der Waals surface area contributed by atoms with Gasteiger partial charge in [-0.2, -0.15) is 0 Å². The number of aromatic nitrogens is 2. The van der Waals surface area contributed by atoms with E-state index in [1.54, 1.807) is 51.1 Å². The minimum atomic E-state index is -3.03. The second-order valence-corrected chi connectivity index (χ2v) is 23.8. The number of nitrogens with one attached hydrogen (secondary N) is 2. The van der Waals surface area contributed by atoms with Crippen LogP contribution in [0.1, 0.15) is 153 Å². The fraction of sp³-hybridized carbons (Fsp3) is 0.441. The Morgan fingerprint density at radius 1 is 0.571 bits per heavy atom. The van der Waals surface area contributed by atoms with Crippen molar-refractivity contribution in [1.29, 1.82) is 0 Å². The first-order valence-corrected chi connectivity index (χ1v) is 29.5. The number of pyridine rings is 2. The van der Waals surface area contributed by atoms with Gasteiger partial charge < -0.3 is 50.4 Å². The number of esters is 1. The topological polar surface area (TPSA) is 232 Å². The maximum absolute atomic E-state index is 14.1. The van der Waals surface area contributed by atoms with Crippen LogP contribution in [0.5, 0.6) is 0 Å². The van der Waals surface area contributed by atoms with Gasteiger partial charge in [-0.3, -0.25) is 28.8 Å². The Kier molecular flexibility index (Phi) is 32.1. The molecule has 2 aromatic heterocycles. The molecule has 0 radical (unpaired) electrons. The third-order valence-corrected chi connectivity index (χ3v) is 14.9. The molecule has 0 spiro atoms. The number of hydrogen-bond donors (Lipinski definition) is 3. The molecule has 0 fully saturated rings. The van der Waals surface area contributed by atoms with Gasteiger partial charge in [-0.25, -0.2) is 26.3 Å². The van der Waals surface area contributed by atoms with Gasteiger partial charge in [0.1, 0.15) is 23.7 Å². The van der Waals surface area contributed by atoms with Crippen molar-refractivity contribution in [2.45, 2.75) is 138 Å². The Bertz CT molecular complexity index is 3490. The van der Waals surface area contributed by atoms with Crippen molar-refractivity contribution in [3.05, 3.63) is 185 Å². The van der Waals surface area contributed by atoms with Crippen molar-refractivity contribution in [2.24, 2.45) is 11.8 Å². The van der Waals surface area contributed by atoms with Gasteiger partial charge in [-0.1, -0.05) is 64.1 Å². The van der Waals surface area contributed by atoms with E-state index in [0.717, 1.165) is 42.5 Å². The van der Waals surface area contributed by atoms with E-state index in [-0.39, 0.29) is 79.2 Å². The molecule has 2 amide bonds. The van der Waals surface area contributed by atoms with Crippen molar-refractivity contribution >= 4 is 23.8 Å². The van der Waals surface area contributed by atoms with Crippen LogP contribution in [0.2, 0.25) is 0 Å². The summed E-state index contributed by atoms with van der Waals surface area (Å²) in [6, 6.07) is 18.3. The number of carboxylic acid groups (broad SMARTS) is 1. The van der Waals surface area contributed by atoms with Gasteiger partial charge in [0.2, 0.25) is 11.8 Å². The minimum Gasteiger partial charge on any atom is -0.870 e. The average Bonchev–Trinajstić information content (AvgIpc) is 3.64. The number of benzene rings is 4. The molecule has 0 aliphatic heterocycles. The molecular weight excluding hydrogens is 1180 g/mol. The van der Waals surface area contributed by atoms with E-state index in [1.807, 2.05) is 97.7 Å². The van der Waals surface area contributed by atoms with Crippen molar-refractivity contribution in [2.75, 3.05) is 47.9 Å². The van der Waals surface area contributed by atoms with Gasteiger partial charge in [-0.15, -0.1) is 0 Å². The van der Waals surface area contributed by atoms with E-state index >= 15 is 0 Å². The summed E-state index contributed by atoms with van der Waals surface area (Å²) in [5.74, 6) is -3.78. The van der Waals surface area contributed by atoms with Gasteiger partial charge in [0.05, 0.1) is 42.7 Å². The first-order chi connectivity index (χ1) is 41.4. The number of likely N-dealkylation sites (N-methyl/N-ethyl adjacent to an activating group) is 2. The van der Waals surface area contributed by atoms with E-state index in [1.165, 1.54) is 48.8 Å². The summed E-state index contributed by atoms with van der Waals surface area (Å²) in [6.45, 7) is 17.6. The molecule has 0 aliphatic rings. The molecule has 4 aromatic carbocycles. The molecule has 2 heterocycles. The monoisotopic (exact) mass is 1270 g/mol. The Balaban J connectivity index is 0.000000601. The summed E-state index contributed by atoms with van der Waals surface area (Å²) in [5.41, 5.74) is 4.87. The zero-order valence-corrected chi connectivity index (χ0v) is 54.5. The first-order valence-electron chi connectivity index (χ1n) is 29.5. The number of carbonyl (C=O) groups excluding carboxylic acids is 3. The maximum atomic E-state index is 14.1. The van der Waals surface area contributed by atoms with Crippen molar-refractivity contribution in [1.82, 2.24) is 29.6 Å². The molecule has 5 N–H and O–H groups in total. The molecule has 0 saturated heterocycles. The number of amides is 2. The Morgan fingerprint density at radius 2 is 0.923 bits per heavy atom. The molecule has 0 aliphatic carbocycles. The van der Waals surface area contributed by atoms with Gasteiger partial charge >= 0.3 is 30.8 Å². The van der Waals surface area contributed by atoms with Gasteiger partial charge in [0.25, 0.3) is 24.0 Å². The quantitative estimate of drug-likeness (QED) is 0.0249. The molecule has 2 unspecified atom stereocenters. The molecular formula is C68H86F6LiN6O10-. The summed E-state index contributed by atoms with van der Waals surface area (Å²) in [5, 5.41) is 15.4. The number of aliphatic carboxylic acids is 1. The standard InChI is InChI=1S/C35H44F3N3O4.C33H40F3N3O4.Li.2H2O/c1-8-45-31(42)19-29(25-10-9-11-26(18-25)32-22(4)15-27(36)16-23(32)5)39-34(43)30(14-21(2)3)41-20-24(12-13-40(6)7)17-28(33(37)38)35(41)44;1-19(2)12-28(39-18-22(10-11-38(5)6)15-26(31(35)36)33(39)43)32(42)37-27(17-29(40)41)23-8-7-9-24(16-23)30-20(3)13-25(34)14-21(30)4;;;/h9-11,15-18,20-21,29-30,33H,8,12-14,19H2,1-7H3,(H,39,43);7-9,13-16,18-19,27-28,31H,10-12,17H2,1-6H3,(H,37,42)(H,40,41);;2*1H2/q;;+1;;/p-2/t29-,30?;27-,28?;;;/m00.../s1. The number of alkyl halides is 4. The predicted molar refractivity (Wildman–Crippen MR) is 335 cm³/mol. The van der Waals surface area contributed by atoms with E-state index in [9.17, 15) is 60.2 Å².